The summed E-state index contributed by atoms with van der Waals surface area (Å²) in [5.41, 5.74) is 2.54. The fourth-order valence-corrected chi connectivity index (χ4v) is 1.46. The van der Waals surface area contributed by atoms with Crippen molar-refractivity contribution in [2.75, 3.05) is 0 Å². The molecule has 2 rings (SSSR count). The van der Waals surface area contributed by atoms with Gasteiger partial charge >= 0.3 is 0 Å². The Morgan fingerprint density at radius 3 is 2.86 bits per heavy atom. The fourth-order valence-electron chi connectivity index (χ4n) is 1.46. The van der Waals surface area contributed by atoms with Gasteiger partial charge in [0.05, 0.1) is 17.8 Å². The maximum atomic E-state index is 9.13. The number of fused-ring (bicyclic) bond motifs is 1. The summed E-state index contributed by atoms with van der Waals surface area (Å²) < 4.78 is 0. The number of aromatic nitrogens is 1. The SMILES string of the molecule is C=Cc1ccc2cccc(CO)c2n1. The Bertz CT molecular complexity index is 477. The number of benzene rings is 1. The topological polar surface area (TPSA) is 33.1 Å². The Balaban J connectivity index is 2.76. The van der Waals surface area contributed by atoms with Crippen molar-refractivity contribution in [3.8, 4) is 0 Å². The Hall–Kier alpha value is -1.67. The molecule has 0 fully saturated rings. The van der Waals surface area contributed by atoms with E-state index >= 15 is 0 Å². The highest BCUT2D eigenvalue weighted by molar-refractivity contribution is 5.82. The van der Waals surface area contributed by atoms with E-state index in [1.165, 1.54) is 0 Å². The molecule has 0 atom stereocenters. The second-order valence-electron chi connectivity index (χ2n) is 3.09. The number of para-hydroxylation sites is 1. The number of aliphatic hydroxyl groups is 1. The maximum absolute atomic E-state index is 9.13. The van der Waals surface area contributed by atoms with Crippen molar-refractivity contribution < 1.29 is 5.11 Å². The largest absolute Gasteiger partial charge is 0.392 e. The molecule has 0 spiro atoms. The molecule has 0 bridgehead atoms. The lowest BCUT2D eigenvalue weighted by Crippen LogP contribution is -1.90. The Morgan fingerprint density at radius 1 is 1.29 bits per heavy atom. The molecule has 2 nitrogen and oxygen atoms in total. The van der Waals surface area contributed by atoms with Crippen LogP contribution in [0.2, 0.25) is 0 Å². The van der Waals surface area contributed by atoms with E-state index in [2.05, 4.69) is 11.6 Å². The summed E-state index contributed by atoms with van der Waals surface area (Å²) >= 11 is 0. The van der Waals surface area contributed by atoms with Gasteiger partial charge in [-0.1, -0.05) is 30.8 Å². The van der Waals surface area contributed by atoms with Crippen molar-refractivity contribution in [2.24, 2.45) is 0 Å². The summed E-state index contributed by atoms with van der Waals surface area (Å²) in [5.74, 6) is 0. The van der Waals surface area contributed by atoms with Gasteiger partial charge in [0.25, 0.3) is 0 Å². The van der Waals surface area contributed by atoms with Crippen LogP contribution < -0.4 is 0 Å². The zero-order valence-electron chi connectivity index (χ0n) is 7.77. The van der Waals surface area contributed by atoms with E-state index in [1.807, 2.05) is 30.3 Å². The minimum Gasteiger partial charge on any atom is -0.392 e. The van der Waals surface area contributed by atoms with Crippen molar-refractivity contribution in [1.82, 2.24) is 4.98 Å². The lowest BCUT2D eigenvalue weighted by molar-refractivity contribution is 0.283. The van der Waals surface area contributed by atoms with Crippen LogP contribution in [0.25, 0.3) is 17.0 Å². The predicted molar refractivity (Wildman–Crippen MR) is 57.8 cm³/mol. The first-order valence-electron chi connectivity index (χ1n) is 4.47. The minimum atomic E-state index is 0.0188. The molecule has 1 heterocycles. The van der Waals surface area contributed by atoms with Crippen molar-refractivity contribution >= 4 is 17.0 Å². The van der Waals surface area contributed by atoms with Crippen LogP contribution in [0.1, 0.15) is 11.3 Å². The lowest BCUT2D eigenvalue weighted by atomic mass is 10.1. The highest BCUT2D eigenvalue weighted by Gasteiger charge is 2.00. The molecule has 14 heavy (non-hydrogen) atoms. The van der Waals surface area contributed by atoms with Crippen LogP contribution in [0.3, 0.4) is 0 Å². The van der Waals surface area contributed by atoms with Crippen LogP contribution in [0.5, 0.6) is 0 Å². The number of aliphatic hydroxyl groups excluding tert-OH is 1. The van der Waals surface area contributed by atoms with Gasteiger partial charge in [-0.15, -0.1) is 0 Å². The monoisotopic (exact) mass is 185 g/mol. The van der Waals surface area contributed by atoms with E-state index in [1.54, 1.807) is 6.08 Å². The van der Waals surface area contributed by atoms with Crippen molar-refractivity contribution in [2.45, 2.75) is 6.61 Å². The normalized spacial score (nSPS) is 10.4. The smallest absolute Gasteiger partial charge is 0.0764 e. The number of nitrogens with zero attached hydrogens (tertiary/aromatic N) is 1. The van der Waals surface area contributed by atoms with Crippen LogP contribution in [-0.4, -0.2) is 10.1 Å². The van der Waals surface area contributed by atoms with E-state index in [-0.39, 0.29) is 6.61 Å². The number of hydrogen-bond donors (Lipinski definition) is 1. The van der Waals surface area contributed by atoms with E-state index in [0.717, 1.165) is 22.2 Å². The van der Waals surface area contributed by atoms with Gasteiger partial charge in [-0.25, -0.2) is 4.98 Å². The van der Waals surface area contributed by atoms with Gasteiger partial charge in [0.2, 0.25) is 0 Å². The van der Waals surface area contributed by atoms with Gasteiger partial charge in [0.15, 0.2) is 0 Å². The summed E-state index contributed by atoms with van der Waals surface area (Å²) in [6.07, 6.45) is 1.70. The predicted octanol–water partition coefficient (Wildman–Crippen LogP) is 2.37. The van der Waals surface area contributed by atoms with Gasteiger partial charge < -0.3 is 5.11 Å². The molecule has 1 aromatic carbocycles. The number of pyridine rings is 1. The van der Waals surface area contributed by atoms with Crippen LogP contribution in [0, 0.1) is 0 Å². The third kappa shape index (κ3) is 1.40. The summed E-state index contributed by atoms with van der Waals surface area (Å²) in [4.78, 5) is 4.39. The second kappa shape index (κ2) is 3.60. The highest BCUT2D eigenvalue weighted by atomic mass is 16.3. The van der Waals surface area contributed by atoms with Crippen molar-refractivity contribution in [3.63, 3.8) is 0 Å². The molecule has 1 aromatic heterocycles. The van der Waals surface area contributed by atoms with Gasteiger partial charge in [0, 0.05) is 10.9 Å². The molecule has 0 unspecified atom stereocenters. The summed E-state index contributed by atoms with van der Waals surface area (Å²) in [6, 6.07) is 9.68. The standard InChI is InChI=1S/C12H11NO/c1-2-11-7-6-9-4-3-5-10(8-14)12(9)13-11/h2-7,14H,1,8H2. The molecule has 0 radical (unpaired) electrons. The van der Waals surface area contributed by atoms with Crippen LogP contribution in [-0.2, 0) is 6.61 Å². The van der Waals surface area contributed by atoms with Crippen LogP contribution in [0.4, 0.5) is 0 Å². The van der Waals surface area contributed by atoms with Crippen molar-refractivity contribution in [3.05, 3.63) is 48.2 Å². The van der Waals surface area contributed by atoms with E-state index in [0.29, 0.717) is 0 Å². The average Bonchev–Trinajstić information content (AvgIpc) is 2.27. The molecule has 0 saturated carbocycles. The molecular formula is C12H11NO. The van der Waals surface area contributed by atoms with Gasteiger partial charge in [-0.2, -0.15) is 0 Å². The molecule has 0 amide bonds. The Kier molecular flexibility index (Phi) is 2.29. The Morgan fingerprint density at radius 2 is 2.14 bits per heavy atom. The summed E-state index contributed by atoms with van der Waals surface area (Å²) in [6.45, 7) is 3.69. The van der Waals surface area contributed by atoms with Crippen LogP contribution >= 0.6 is 0 Å². The minimum absolute atomic E-state index is 0.0188. The van der Waals surface area contributed by atoms with Gasteiger partial charge in [-0.05, 0) is 12.1 Å². The molecule has 0 saturated heterocycles. The molecule has 0 aliphatic carbocycles. The summed E-state index contributed by atoms with van der Waals surface area (Å²) in [5, 5.41) is 10.2. The summed E-state index contributed by atoms with van der Waals surface area (Å²) in [7, 11) is 0. The van der Waals surface area contributed by atoms with E-state index in [4.69, 9.17) is 5.11 Å². The highest BCUT2D eigenvalue weighted by Crippen LogP contribution is 2.17. The first-order valence-corrected chi connectivity index (χ1v) is 4.47. The Labute approximate surface area is 82.5 Å². The first-order chi connectivity index (χ1) is 6.85. The van der Waals surface area contributed by atoms with Crippen LogP contribution in [0.15, 0.2) is 36.9 Å². The molecule has 70 valence electrons. The van der Waals surface area contributed by atoms with E-state index < -0.39 is 0 Å². The average molecular weight is 185 g/mol. The first kappa shape index (κ1) is 8.91. The molecule has 2 heteroatoms. The third-order valence-electron chi connectivity index (χ3n) is 2.20. The number of rotatable bonds is 2. The third-order valence-corrected chi connectivity index (χ3v) is 2.20. The molecule has 0 aliphatic heterocycles. The molecule has 2 aromatic rings. The lowest BCUT2D eigenvalue weighted by Gasteiger charge is -2.03. The zero-order valence-corrected chi connectivity index (χ0v) is 7.77. The maximum Gasteiger partial charge on any atom is 0.0764 e. The second-order valence-corrected chi connectivity index (χ2v) is 3.09. The quantitative estimate of drug-likeness (QED) is 0.779. The molecular weight excluding hydrogens is 174 g/mol. The zero-order chi connectivity index (χ0) is 9.97. The van der Waals surface area contributed by atoms with Gasteiger partial charge in [0.1, 0.15) is 0 Å². The van der Waals surface area contributed by atoms with Gasteiger partial charge in [-0.3, -0.25) is 0 Å². The fraction of sp³-hybridized carbons (Fsp3) is 0.0833. The molecule has 1 N–H and O–H groups in total. The molecule has 0 aliphatic rings. The van der Waals surface area contributed by atoms with E-state index in [9.17, 15) is 0 Å². The van der Waals surface area contributed by atoms with Crippen molar-refractivity contribution in [1.29, 1.82) is 0 Å². The number of hydrogen-bond acceptors (Lipinski definition) is 2.